The summed E-state index contributed by atoms with van der Waals surface area (Å²) in [4.78, 5) is 9.12. The molecule has 182 valence electrons. The van der Waals surface area contributed by atoms with Crippen molar-refractivity contribution in [1.82, 2.24) is 19.6 Å². The summed E-state index contributed by atoms with van der Waals surface area (Å²) < 4.78 is 1.77. The van der Waals surface area contributed by atoms with Gasteiger partial charge in [0, 0.05) is 36.6 Å². The number of rotatable bonds is 6. The van der Waals surface area contributed by atoms with Gasteiger partial charge in [0.15, 0.2) is 5.65 Å². The van der Waals surface area contributed by atoms with E-state index >= 15 is 0 Å². The Morgan fingerprint density at radius 3 is 2.46 bits per heavy atom. The Labute approximate surface area is 210 Å². The molecule has 5 rings (SSSR count). The van der Waals surface area contributed by atoms with Crippen molar-refractivity contribution in [2.75, 3.05) is 17.7 Å². The molecule has 0 aliphatic heterocycles. The molecule has 1 saturated carbocycles. The Morgan fingerprint density at radius 1 is 1.03 bits per heavy atom. The molecule has 7 nitrogen and oxygen atoms in total. The van der Waals surface area contributed by atoms with Gasteiger partial charge in [-0.1, -0.05) is 63.4 Å². The zero-order valence-electron chi connectivity index (χ0n) is 21.0. The minimum atomic E-state index is 0.472. The number of pyridine rings is 1. The molecule has 0 spiro atoms. The van der Waals surface area contributed by atoms with E-state index in [1.54, 1.807) is 10.7 Å². The van der Waals surface area contributed by atoms with Crippen molar-refractivity contribution < 1.29 is 0 Å². The molecule has 2 radical (unpaired) electrons. The van der Waals surface area contributed by atoms with E-state index in [1.807, 2.05) is 44.3 Å². The van der Waals surface area contributed by atoms with Crippen LogP contribution >= 0.6 is 0 Å². The fourth-order valence-electron chi connectivity index (χ4n) is 4.16. The average molecular weight is 469 g/mol. The van der Waals surface area contributed by atoms with Gasteiger partial charge in [0.1, 0.15) is 19.5 Å². The topological polar surface area (TPSA) is 93.2 Å². The molecule has 4 N–H and O–H groups in total. The maximum absolute atomic E-state index is 6.12. The number of nitrogens with zero attached hydrogens (tertiary/aromatic N) is 4. The van der Waals surface area contributed by atoms with Gasteiger partial charge in [-0.3, -0.25) is 4.98 Å². The van der Waals surface area contributed by atoms with Crippen LogP contribution in [0.15, 0.2) is 60.9 Å². The summed E-state index contributed by atoms with van der Waals surface area (Å²) in [6.45, 7) is 4.67. The van der Waals surface area contributed by atoms with Gasteiger partial charge in [-0.05, 0) is 43.0 Å². The highest BCUT2D eigenvalue weighted by Gasteiger charge is 2.15. The van der Waals surface area contributed by atoms with Crippen molar-refractivity contribution in [1.29, 1.82) is 0 Å². The van der Waals surface area contributed by atoms with Gasteiger partial charge >= 0.3 is 0 Å². The lowest BCUT2D eigenvalue weighted by Crippen LogP contribution is -2.23. The first-order chi connectivity index (χ1) is 17.3. The van der Waals surface area contributed by atoms with Crippen molar-refractivity contribution in [3.05, 3.63) is 66.5 Å². The van der Waals surface area contributed by atoms with Gasteiger partial charge in [-0.15, -0.1) is 0 Å². The van der Waals surface area contributed by atoms with Crippen LogP contribution < -0.4 is 21.8 Å². The number of benzene rings is 1. The first-order valence-electron chi connectivity index (χ1n) is 12.5. The maximum Gasteiger partial charge on any atom is 0.152 e. The van der Waals surface area contributed by atoms with Crippen LogP contribution in [0.5, 0.6) is 0 Å². The third-order valence-electron chi connectivity index (χ3n) is 5.84. The monoisotopic (exact) mass is 469 g/mol. The molecule has 4 aromatic rings. The molecule has 35 heavy (non-hydrogen) atoms. The van der Waals surface area contributed by atoms with Crippen LogP contribution in [0.25, 0.3) is 16.9 Å². The average Bonchev–Trinajstić information content (AvgIpc) is 3.31. The molecule has 3 aromatic heterocycles. The second-order valence-electron chi connectivity index (χ2n) is 8.11. The molecule has 8 heteroatoms. The predicted octanol–water partition coefficient (Wildman–Crippen LogP) is 4.54. The minimum Gasteiger partial charge on any atom is -0.367 e. The van der Waals surface area contributed by atoms with Crippen LogP contribution in [0.4, 0.5) is 11.6 Å². The number of aromatic nitrogens is 4. The van der Waals surface area contributed by atoms with Crippen molar-refractivity contribution in [3.63, 3.8) is 0 Å². The number of anilines is 2. The van der Waals surface area contributed by atoms with E-state index in [0.29, 0.717) is 23.7 Å². The minimum absolute atomic E-state index is 0.472. The highest BCUT2D eigenvalue weighted by atomic mass is 15.3. The highest BCUT2D eigenvalue weighted by Crippen LogP contribution is 2.23. The first kappa shape index (κ1) is 26.2. The molecule has 1 aromatic carbocycles. The van der Waals surface area contributed by atoms with E-state index in [1.165, 1.54) is 44.7 Å². The Balaban J connectivity index is 0.000000815. The van der Waals surface area contributed by atoms with Crippen molar-refractivity contribution >= 4 is 30.6 Å². The SMILES string of the molecule is CC.CN.[B]c1cnn2c(NCc3ccc(-c4ccccn4)cc3)cc(NC3CCCCC3)nc12. The van der Waals surface area contributed by atoms with Crippen LogP contribution in [0.3, 0.4) is 0 Å². The Morgan fingerprint density at radius 2 is 1.77 bits per heavy atom. The van der Waals surface area contributed by atoms with Crippen LogP contribution in [-0.4, -0.2) is 40.5 Å². The van der Waals surface area contributed by atoms with E-state index in [0.717, 1.165) is 22.9 Å². The zero-order valence-corrected chi connectivity index (χ0v) is 21.0. The summed E-state index contributed by atoms with van der Waals surface area (Å²) in [5.74, 6) is 1.72. The molecular formula is C27H36BN7. The van der Waals surface area contributed by atoms with E-state index in [-0.39, 0.29) is 0 Å². The fourth-order valence-corrected chi connectivity index (χ4v) is 4.16. The molecule has 0 unspecified atom stereocenters. The lowest BCUT2D eigenvalue weighted by molar-refractivity contribution is 0.462. The van der Waals surface area contributed by atoms with Gasteiger partial charge in [-0.2, -0.15) is 9.61 Å². The molecule has 0 atom stereocenters. The molecular weight excluding hydrogens is 433 g/mol. The molecule has 0 amide bonds. The Bertz CT molecular complexity index is 1150. The van der Waals surface area contributed by atoms with E-state index < -0.39 is 0 Å². The maximum atomic E-state index is 6.12. The summed E-state index contributed by atoms with van der Waals surface area (Å²) in [6, 6.07) is 16.9. The third kappa shape index (κ3) is 6.82. The number of nitrogens with two attached hydrogens (primary N) is 1. The number of fused-ring (bicyclic) bond motifs is 1. The Hall–Kier alpha value is -3.39. The standard InChI is InChI=1S/C24H25BN6.C2H6.CH5N/c25-20-16-28-31-23(14-22(30-24(20)31)29-19-6-2-1-3-7-19)27-15-17-9-11-18(12-10-17)21-8-4-5-13-26-21;2*1-2/h4-5,8-14,16,19,27H,1-3,6-7,15H2,(H,29,30);1-2H3;2H2,1H3. The highest BCUT2D eigenvalue weighted by molar-refractivity contribution is 6.36. The van der Waals surface area contributed by atoms with Crippen molar-refractivity contribution in [2.45, 2.75) is 58.5 Å². The van der Waals surface area contributed by atoms with Gasteiger partial charge in [-0.25, -0.2) is 4.98 Å². The quantitative estimate of drug-likeness (QED) is 0.359. The second kappa shape index (κ2) is 13.5. The van der Waals surface area contributed by atoms with E-state index in [4.69, 9.17) is 12.8 Å². The van der Waals surface area contributed by atoms with Crippen LogP contribution in [0.2, 0.25) is 0 Å². The van der Waals surface area contributed by atoms with Crippen LogP contribution in [0.1, 0.15) is 51.5 Å². The summed E-state index contributed by atoms with van der Waals surface area (Å²) in [5, 5.41) is 11.5. The van der Waals surface area contributed by atoms with Gasteiger partial charge in [0.05, 0.1) is 5.69 Å². The van der Waals surface area contributed by atoms with E-state index in [9.17, 15) is 0 Å². The smallest absolute Gasteiger partial charge is 0.152 e. The third-order valence-corrected chi connectivity index (χ3v) is 5.84. The van der Waals surface area contributed by atoms with Crippen molar-refractivity contribution in [3.8, 4) is 11.3 Å². The molecule has 0 saturated heterocycles. The summed E-state index contributed by atoms with van der Waals surface area (Å²) in [5.41, 5.74) is 9.01. The van der Waals surface area contributed by atoms with Gasteiger partial charge in [0.2, 0.25) is 0 Å². The lowest BCUT2D eigenvalue weighted by atomic mass is 9.95. The van der Waals surface area contributed by atoms with E-state index in [2.05, 4.69) is 50.7 Å². The van der Waals surface area contributed by atoms with Crippen LogP contribution in [-0.2, 0) is 6.54 Å². The molecule has 3 heterocycles. The largest absolute Gasteiger partial charge is 0.367 e. The van der Waals surface area contributed by atoms with Crippen LogP contribution in [0, 0.1) is 0 Å². The first-order valence-corrected chi connectivity index (χ1v) is 12.5. The zero-order chi connectivity index (χ0) is 25.0. The second-order valence-corrected chi connectivity index (χ2v) is 8.11. The summed E-state index contributed by atoms with van der Waals surface area (Å²) >= 11 is 0. The fraction of sp³-hybridized carbons (Fsp3) is 0.370. The summed E-state index contributed by atoms with van der Waals surface area (Å²) in [6.07, 6.45) is 9.71. The molecule has 1 aliphatic carbocycles. The van der Waals surface area contributed by atoms with Gasteiger partial charge < -0.3 is 16.4 Å². The summed E-state index contributed by atoms with van der Waals surface area (Å²) in [7, 11) is 7.62. The molecule has 1 fully saturated rings. The van der Waals surface area contributed by atoms with Gasteiger partial charge in [0.25, 0.3) is 0 Å². The number of hydrogen-bond donors (Lipinski definition) is 3. The molecule has 0 bridgehead atoms. The lowest BCUT2D eigenvalue weighted by Gasteiger charge is -2.23. The predicted molar refractivity (Wildman–Crippen MR) is 147 cm³/mol. The van der Waals surface area contributed by atoms with Crippen molar-refractivity contribution in [2.24, 2.45) is 5.73 Å². The number of hydrogen-bond acceptors (Lipinski definition) is 6. The normalized spacial score (nSPS) is 13.3. The Kier molecular flexibility index (Phi) is 10.1. The number of nitrogens with one attached hydrogen (secondary N) is 2. The molecule has 1 aliphatic rings.